The minimum atomic E-state index is 0. The van der Waals surface area contributed by atoms with E-state index in [1.165, 1.54) is 0 Å². The van der Waals surface area contributed by atoms with E-state index < -0.39 is 0 Å². The smallest absolute Gasteiger partial charge is 2.00 e. The molecular weight excluding hydrogens is 104 g/mol. The average molecular weight is 106 g/mol. The van der Waals surface area contributed by atoms with E-state index in [1.54, 1.807) is 0 Å². The molecule has 0 radical (unpaired) electrons. The molecule has 0 aliphatic carbocycles. The van der Waals surface area contributed by atoms with Crippen molar-refractivity contribution in [1.29, 1.82) is 0 Å². The van der Waals surface area contributed by atoms with E-state index in [4.69, 9.17) is 10.5 Å². The SMILES string of the molecule is OO.[Fe+2].[O-2]. The molecule has 0 aliphatic heterocycles. The molecule has 28 valence electrons. The fourth-order valence-corrected chi connectivity index (χ4v) is 0. The fraction of sp³-hybridized carbons (Fsp3) is 0. The summed E-state index contributed by atoms with van der Waals surface area (Å²) in [5.74, 6) is 0. The Kier molecular flexibility index (Phi) is 796. The Morgan fingerprint density at radius 3 is 1.00 bits per heavy atom. The maximum Gasteiger partial charge on any atom is 2.00 e. The molecule has 0 aliphatic rings. The van der Waals surface area contributed by atoms with Gasteiger partial charge in [-0.2, -0.15) is 0 Å². The van der Waals surface area contributed by atoms with Gasteiger partial charge in [0, 0.05) is 0 Å². The van der Waals surface area contributed by atoms with Crippen molar-refractivity contribution in [3.63, 3.8) is 0 Å². The molecule has 0 aromatic carbocycles. The summed E-state index contributed by atoms with van der Waals surface area (Å²) in [6.07, 6.45) is 0. The molecule has 0 spiro atoms. The van der Waals surface area contributed by atoms with Gasteiger partial charge < -0.3 is 5.48 Å². The van der Waals surface area contributed by atoms with Gasteiger partial charge in [-0.25, -0.2) is 0 Å². The second-order valence-corrected chi connectivity index (χ2v) is 0. The van der Waals surface area contributed by atoms with Gasteiger partial charge in [-0.3, -0.25) is 10.5 Å². The van der Waals surface area contributed by atoms with Crippen LogP contribution in [0, 0.1) is 0 Å². The molecule has 0 aromatic heterocycles. The van der Waals surface area contributed by atoms with Crippen LogP contribution in [-0.2, 0) is 22.5 Å². The molecule has 0 heterocycles. The van der Waals surface area contributed by atoms with Crippen molar-refractivity contribution in [3.8, 4) is 0 Å². The van der Waals surface area contributed by atoms with Crippen molar-refractivity contribution in [2.45, 2.75) is 0 Å². The molecule has 0 saturated heterocycles. The molecule has 0 atom stereocenters. The van der Waals surface area contributed by atoms with E-state index in [2.05, 4.69) is 0 Å². The van der Waals surface area contributed by atoms with Gasteiger partial charge in [0.15, 0.2) is 0 Å². The van der Waals surface area contributed by atoms with Gasteiger partial charge in [-0.05, 0) is 0 Å². The van der Waals surface area contributed by atoms with Gasteiger partial charge in [0.2, 0.25) is 0 Å². The molecule has 4 heteroatoms. The number of hydrogen-bond donors (Lipinski definition) is 2. The zero-order chi connectivity index (χ0) is 2.00. The fourth-order valence-electron chi connectivity index (χ4n) is 0. The minimum absolute atomic E-state index is 0. The van der Waals surface area contributed by atoms with Crippen LogP contribution in [0.4, 0.5) is 0 Å². The Balaban J connectivity index is -0.00000000500. The first-order valence-corrected chi connectivity index (χ1v) is 0.200. The largest absolute Gasteiger partial charge is 2.00 e. The molecule has 4 heavy (non-hydrogen) atoms. The molecule has 0 bridgehead atoms. The van der Waals surface area contributed by atoms with Gasteiger partial charge in [0.1, 0.15) is 0 Å². The van der Waals surface area contributed by atoms with E-state index in [0.717, 1.165) is 0 Å². The second kappa shape index (κ2) is 123. The number of hydrogen-bond acceptors (Lipinski definition) is 2. The van der Waals surface area contributed by atoms with Crippen molar-refractivity contribution in [2.75, 3.05) is 0 Å². The van der Waals surface area contributed by atoms with Crippen molar-refractivity contribution < 1.29 is 33.1 Å². The van der Waals surface area contributed by atoms with Crippen molar-refractivity contribution >= 4 is 0 Å². The van der Waals surface area contributed by atoms with E-state index in [-0.39, 0.29) is 22.5 Å². The van der Waals surface area contributed by atoms with Gasteiger partial charge in [-0.15, -0.1) is 0 Å². The van der Waals surface area contributed by atoms with E-state index >= 15 is 0 Å². The molecule has 0 rings (SSSR count). The zero-order valence-corrected chi connectivity index (χ0v) is 2.76. The molecule has 2 N–H and O–H groups in total. The molecule has 0 fully saturated rings. The average Bonchev–Trinajstić information content (AvgIpc) is 1.00. The number of rotatable bonds is 0. The monoisotopic (exact) mass is 106 g/mol. The summed E-state index contributed by atoms with van der Waals surface area (Å²) < 4.78 is 0. The molecule has 0 aromatic rings. The zero-order valence-electron chi connectivity index (χ0n) is 1.66. The van der Waals surface area contributed by atoms with E-state index in [9.17, 15) is 0 Å². The first-order chi connectivity index (χ1) is 1.00. The maximum atomic E-state index is 6.00. The maximum absolute atomic E-state index is 6.00. The van der Waals surface area contributed by atoms with E-state index in [1.807, 2.05) is 0 Å². The van der Waals surface area contributed by atoms with Crippen molar-refractivity contribution in [2.24, 2.45) is 0 Å². The third-order valence-corrected chi connectivity index (χ3v) is 0. The van der Waals surface area contributed by atoms with Crippen LogP contribution in [0.25, 0.3) is 0 Å². The van der Waals surface area contributed by atoms with Gasteiger partial charge in [0.05, 0.1) is 0 Å². The third kappa shape index (κ3) is 29.4. The quantitative estimate of drug-likeness (QED) is 0.257. The van der Waals surface area contributed by atoms with Crippen LogP contribution in [-0.4, -0.2) is 10.5 Å². The predicted molar refractivity (Wildman–Crippen MR) is 5.94 cm³/mol. The van der Waals surface area contributed by atoms with Gasteiger partial charge in [0.25, 0.3) is 0 Å². The first kappa shape index (κ1) is 26.0. The van der Waals surface area contributed by atoms with E-state index in [0.29, 0.717) is 0 Å². The van der Waals surface area contributed by atoms with Crippen LogP contribution >= 0.6 is 0 Å². The third-order valence-electron chi connectivity index (χ3n) is 0. The molecule has 0 saturated carbocycles. The topological polar surface area (TPSA) is 69.0 Å². The standard InChI is InChI=1S/Fe.H2O2.O/c;1-2;/h;1-2H;/q+2;;-2. The summed E-state index contributed by atoms with van der Waals surface area (Å²) in [7, 11) is 0. The summed E-state index contributed by atoms with van der Waals surface area (Å²) in [4.78, 5) is 0. The van der Waals surface area contributed by atoms with Crippen LogP contribution in [0.1, 0.15) is 0 Å². The van der Waals surface area contributed by atoms with Crippen molar-refractivity contribution in [3.05, 3.63) is 0 Å². The predicted octanol–water partition coefficient (Wildman–Crippen LogP) is -0.104. The summed E-state index contributed by atoms with van der Waals surface area (Å²) >= 11 is 0. The van der Waals surface area contributed by atoms with Crippen LogP contribution in [0.2, 0.25) is 0 Å². The molecular formula is H2FeO3. The molecule has 3 nitrogen and oxygen atoms in total. The molecule has 0 unspecified atom stereocenters. The Morgan fingerprint density at radius 1 is 1.00 bits per heavy atom. The minimum Gasteiger partial charge on any atom is -2.00 e. The van der Waals surface area contributed by atoms with Crippen LogP contribution in [0.5, 0.6) is 0 Å². The normalized spacial score (nSPS) is 1.50. The van der Waals surface area contributed by atoms with Crippen LogP contribution in [0.15, 0.2) is 0 Å². The summed E-state index contributed by atoms with van der Waals surface area (Å²) in [6.45, 7) is 0. The Hall–Kier alpha value is 0.399. The summed E-state index contributed by atoms with van der Waals surface area (Å²) in [5, 5.41) is 12.0. The summed E-state index contributed by atoms with van der Waals surface area (Å²) in [6, 6.07) is 0. The van der Waals surface area contributed by atoms with Gasteiger partial charge >= 0.3 is 17.1 Å². The molecule has 0 amide bonds. The van der Waals surface area contributed by atoms with Crippen molar-refractivity contribution in [1.82, 2.24) is 0 Å². The van der Waals surface area contributed by atoms with Crippen LogP contribution in [0.3, 0.4) is 0 Å². The Morgan fingerprint density at radius 2 is 1.00 bits per heavy atom. The Labute approximate surface area is 34.0 Å². The van der Waals surface area contributed by atoms with Gasteiger partial charge in [-0.1, -0.05) is 0 Å². The first-order valence-electron chi connectivity index (χ1n) is 0.200. The second-order valence-electron chi connectivity index (χ2n) is 0. The van der Waals surface area contributed by atoms with Crippen LogP contribution < -0.4 is 0 Å². The Bertz CT molecular complexity index is 3.25. The summed E-state index contributed by atoms with van der Waals surface area (Å²) in [5.41, 5.74) is 0.